The lowest BCUT2D eigenvalue weighted by Gasteiger charge is -2.46. The summed E-state index contributed by atoms with van der Waals surface area (Å²) in [6.07, 6.45) is 14.7. The van der Waals surface area contributed by atoms with E-state index in [1.54, 1.807) is 0 Å². The van der Waals surface area contributed by atoms with Crippen LogP contribution in [0, 0.1) is 16.7 Å². The molecule has 1 aliphatic carbocycles. The number of esters is 1. The van der Waals surface area contributed by atoms with Gasteiger partial charge in [-0.2, -0.15) is 0 Å². The minimum atomic E-state index is -0.316. The van der Waals surface area contributed by atoms with Crippen molar-refractivity contribution < 1.29 is 19.1 Å². The topological polar surface area (TPSA) is 64.6 Å². The number of ether oxygens (including phenoxy) is 2. The van der Waals surface area contributed by atoms with Gasteiger partial charge in [0.2, 0.25) is 0 Å². The summed E-state index contributed by atoms with van der Waals surface area (Å²) in [4.78, 5) is 24.5. The molecule has 0 saturated heterocycles. The minimum absolute atomic E-state index is 0.0347. The zero-order chi connectivity index (χ0) is 23.9. The van der Waals surface area contributed by atoms with Crippen LogP contribution in [0.25, 0.3) is 0 Å². The third kappa shape index (κ3) is 13.3. The molecule has 2 unspecified atom stereocenters. The quantitative estimate of drug-likeness (QED) is 0.195. The van der Waals surface area contributed by atoms with E-state index in [2.05, 4.69) is 39.9 Å². The number of nitrogens with one attached hydrogen (secondary N) is 1. The van der Waals surface area contributed by atoms with Crippen molar-refractivity contribution in [3.8, 4) is 0 Å². The summed E-state index contributed by atoms with van der Waals surface area (Å²) in [7, 11) is 0. The second kappa shape index (κ2) is 15.6. The average molecular weight is 454 g/mol. The van der Waals surface area contributed by atoms with Gasteiger partial charge in [0, 0.05) is 13.0 Å². The fraction of sp³-hybridized carbons (Fsp3) is 0.926. The monoisotopic (exact) mass is 453 g/mol. The summed E-state index contributed by atoms with van der Waals surface area (Å²) < 4.78 is 10.9. The molecule has 0 aromatic carbocycles. The van der Waals surface area contributed by atoms with Crippen molar-refractivity contribution in [3.63, 3.8) is 0 Å². The standard InChI is InChI=1S/C27H51NO4/c1-6-8-10-12-14-16-31-24(29)18-23-19-26(3,4)21-27(5,20-23)22-28-25(30)32-17-15-13-11-9-7-2/h23H,6-22H2,1-5H3,(H,28,30). The molecule has 0 aromatic rings. The van der Waals surface area contributed by atoms with E-state index in [0.717, 1.165) is 44.9 Å². The highest BCUT2D eigenvalue weighted by molar-refractivity contribution is 5.69. The van der Waals surface area contributed by atoms with Crippen LogP contribution < -0.4 is 5.32 Å². The van der Waals surface area contributed by atoms with E-state index in [1.807, 2.05) is 0 Å². The summed E-state index contributed by atoms with van der Waals surface area (Å²) in [6, 6.07) is 0. The summed E-state index contributed by atoms with van der Waals surface area (Å²) in [6.45, 7) is 12.8. The molecular formula is C27H51NO4. The molecule has 5 nitrogen and oxygen atoms in total. The molecule has 32 heavy (non-hydrogen) atoms. The number of carbonyl (C=O) groups is 2. The largest absolute Gasteiger partial charge is 0.466 e. The highest BCUT2D eigenvalue weighted by Crippen LogP contribution is 2.49. The maximum atomic E-state index is 12.4. The van der Waals surface area contributed by atoms with Gasteiger partial charge >= 0.3 is 12.1 Å². The molecule has 1 rings (SSSR count). The van der Waals surface area contributed by atoms with Gasteiger partial charge in [-0.15, -0.1) is 0 Å². The lowest BCUT2D eigenvalue weighted by atomic mass is 9.60. The number of alkyl carbamates (subject to hydrolysis) is 1. The van der Waals surface area contributed by atoms with Crippen molar-refractivity contribution in [2.24, 2.45) is 16.7 Å². The van der Waals surface area contributed by atoms with Gasteiger partial charge in [-0.05, 0) is 48.9 Å². The van der Waals surface area contributed by atoms with Crippen molar-refractivity contribution in [1.29, 1.82) is 0 Å². The van der Waals surface area contributed by atoms with Crippen molar-refractivity contribution in [3.05, 3.63) is 0 Å². The Morgan fingerprint density at radius 3 is 1.97 bits per heavy atom. The highest BCUT2D eigenvalue weighted by Gasteiger charge is 2.42. The maximum absolute atomic E-state index is 12.4. The van der Waals surface area contributed by atoms with E-state index in [1.165, 1.54) is 38.5 Å². The number of carbonyl (C=O) groups excluding carboxylic acids is 2. The molecule has 0 radical (unpaired) electrons. The third-order valence-corrected chi connectivity index (χ3v) is 6.63. The Labute approximate surface area is 197 Å². The predicted molar refractivity (Wildman–Crippen MR) is 132 cm³/mol. The van der Waals surface area contributed by atoms with Crippen LogP contribution in [-0.4, -0.2) is 31.8 Å². The third-order valence-electron chi connectivity index (χ3n) is 6.63. The Balaban J connectivity index is 2.37. The van der Waals surface area contributed by atoms with Crippen LogP contribution in [0.1, 0.15) is 125 Å². The first-order valence-electron chi connectivity index (χ1n) is 13.3. The van der Waals surface area contributed by atoms with Gasteiger partial charge < -0.3 is 14.8 Å². The van der Waals surface area contributed by atoms with Crippen LogP contribution >= 0.6 is 0 Å². The average Bonchev–Trinajstić information content (AvgIpc) is 2.70. The van der Waals surface area contributed by atoms with Gasteiger partial charge in [0.25, 0.3) is 0 Å². The maximum Gasteiger partial charge on any atom is 0.407 e. The molecule has 2 atom stereocenters. The molecular weight excluding hydrogens is 402 g/mol. The molecule has 1 amide bonds. The molecule has 0 heterocycles. The number of hydrogen-bond donors (Lipinski definition) is 1. The highest BCUT2D eigenvalue weighted by atomic mass is 16.5. The van der Waals surface area contributed by atoms with Gasteiger partial charge in [0.1, 0.15) is 0 Å². The summed E-state index contributed by atoms with van der Waals surface area (Å²) in [5, 5.41) is 2.99. The molecule has 1 aliphatic rings. The Hall–Kier alpha value is -1.26. The van der Waals surface area contributed by atoms with Gasteiger partial charge in [-0.1, -0.05) is 86.0 Å². The molecule has 1 fully saturated rings. The number of rotatable bonds is 16. The normalized spacial score (nSPS) is 22.3. The van der Waals surface area contributed by atoms with E-state index in [-0.39, 0.29) is 22.9 Å². The molecule has 1 saturated carbocycles. The van der Waals surface area contributed by atoms with E-state index in [4.69, 9.17) is 9.47 Å². The zero-order valence-corrected chi connectivity index (χ0v) is 21.7. The summed E-state index contributed by atoms with van der Waals surface area (Å²) in [5.74, 6) is 0.230. The zero-order valence-electron chi connectivity index (χ0n) is 21.7. The Bertz CT molecular complexity index is 534. The Morgan fingerprint density at radius 1 is 0.812 bits per heavy atom. The first-order valence-corrected chi connectivity index (χ1v) is 13.3. The van der Waals surface area contributed by atoms with Crippen LogP contribution in [0.4, 0.5) is 4.79 Å². The predicted octanol–water partition coefficient (Wildman–Crippen LogP) is 7.42. The fourth-order valence-electron chi connectivity index (χ4n) is 5.52. The second-order valence-electron chi connectivity index (χ2n) is 11.2. The van der Waals surface area contributed by atoms with Crippen molar-refractivity contribution in [2.75, 3.05) is 19.8 Å². The van der Waals surface area contributed by atoms with Crippen molar-refractivity contribution >= 4 is 12.1 Å². The van der Waals surface area contributed by atoms with Crippen LogP contribution in [0.5, 0.6) is 0 Å². The van der Waals surface area contributed by atoms with Crippen molar-refractivity contribution in [2.45, 2.75) is 125 Å². The summed E-state index contributed by atoms with van der Waals surface area (Å²) in [5.41, 5.74) is 0.107. The van der Waals surface area contributed by atoms with Crippen molar-refractivity contribution in [1.82, 2.24) is 5.32 Å². The molecule has 0 aliphatic heterocycles. The number of amides is 1. The van der Waals surface area contributed by atoms with Crippen LogP contribution in [0.3, 0.4) is 0 Å². The van der Waals surface area contributed by atoms with E-state index >= 15 is 0 Å². The molecule has 0 aromatic heterocycles. The van der Waals surface area contributed by atoms with Gasteiger partial charge in [-0.3, -0.25) is 4.79 Å². The van der Waals surface area contributed by atoms with Crippen LogP contribution in [0.2, 0.25) is 0 Å². The minimum Gasteiger partial charge on any atom is -0.466 e. The van der Waals surface area contributed by atoms with Crippen LogP contribution in [-0.2, 0) is 14.3 Å². The van der Waals surface area contributed by atoms with Crippen LogP contribution in [0.15, 0.2) is 0 Å². The first kappa shape index (κ1) is 28.8. The molecule has 0 spiro atoms. The summed E-state index contributed by atoms with van der Waals surface area (Å²) >= 11 is 0. The molecule has 5 heteroatoms. The van der Waals surface area contributed by atoms with Gasteiger partial charge in [-0.25, -0.2) is 4.79 Å². The lowest BCUT2D eigenvalue weighted by molar-refractivity contribution is -0.146. The number of unbranched alkanes of at least 4 members (excludes halogenated alkanes) is 8. The van der Waals surface area contributed by atoms with Gasteiger partial charge in [0.05, 0.1) is 13.2 Å². The SMILES string of the molecule is CCCCCCCOC(=O)CC1CC(C)(C)CC(C)(CNC(=O)OCCCCCCC)C1. The van der Waals surface area contributed by atoms with E-state index < -0.39 is 0 Å². The molecule has 188 valence electrons. The second-order valence-corrected chi connectivity index (χ2v) is 11.2. The molecule has 0 bridgehead atoms. The smallest absolute Gasteiger partial charge is 0.407 e. The Kier molecular flexibility index (Phi) is 14.0. The van der Waals surface area contributed by atoms with Gasteiger partial charge in [0.15, 0.2) is 0 Å². The van der Waals surface area contributed by atoms with E-state index in [0.29, 0.717) is 32.1 Å². The lowest BCUT2D eigenvalue weighted by Crippen LogP contribution is -2.44. The molecule has 1 N–H and O–H groups in total. The first-order chi connectivity index (χ1) is 15.2. The number of hydrogen-bond acceptors (Lipinski definition) is 4. The van der Waals surface area contributed by atoms with E-state index in [9.17, 15) is 9.59 Å². The Morgan fingerprint density at radius 2 is 1.38 bits per heavy atom. The fourth-order valence-corrected chi connectivity index (χ4v) is 5.52.